The summed E-state index contributed by atoms with van der Waals surface area (Å²) in [5, 5.41) is 1.81. The number of carbonyl (C=O) groups is 2. The minimum Gasteiger partial charge on any atom is -0.426 e. The van der Waals surface area contributed by atoms with Gasteiger partial charge in [0.25, 0.3) is 0 Å². The summed E-state index contributed by atoms with van der Waals surface area (Å²) in [6, 6.07) is 10.0. The average molecular weight is 288 g/mol. The molecular formula is C15H12O4S. The minimum atomic E-state index is -0.411. The highest BCUT2D eigenvalue weighted by molar-refractivity contribution is 7.12. The fourth-order valence-corrected chi connectivity index (χ4v) is 2.27. The third kappa shape index (κ3) is 3.05. The quantitative estimate of drug-likeness (QED) is 0.640. The Morgan fingerprint density at radius 2 is 1.80 bits per heavy atom. The van der Waals surface area contributed by atoms with E-state index in [4.69, 9.17) is 9.47 Å². The van der Waals surface area contributed by atoms with Crippen LogP contribution in [0.4, 0.5) is 0 Å². The zero-order chi connectivity index (χ0) is 13.9. The van der Waals surface area contributed by atoms with Crippen molar-refractivity contribution in [2.75, 3.05) is 0 Å². The van der Waals surface area contributed by atoms with Crippen molar-refractivity contribution >= 4 is 23.3 Å². The molecule has 0 unspecified atom stereocenters. The standard InChI is InChI=1S/C15H12O4S/c16-14(10-6-7-10)18-11-3-1-4-12(9-11)19-15(17)13-5-2-8-20-13/h1-5,8-10H,6-7H2. The summed E-state index contributed by atoms with van der Waals surface area (Å²) in [5.74, 6) is 0.174. The number of esters is 2. The SMILES string of the molecule is O=C(Oc1cccc(OC(=O)C2CC2)c1)c1cccs1. The van der Waals surface area contributed by atoms with Crippen LogP contribution in [0, 0.1) is 5.92 Å². The summed E-state index contributed by atoms with van der Waals surface area (Å²) in [7, 11) is 0. The monoisotopic (exact) mass is 288 g/mol. The Kier molecular flexibility index (Phi) is 3.52. The van der Waals surface area contributed by atoms with E-state index >= 15 is 0 Å². The highest BCUT2D eigenvalue weighted by Gasteiger charge is 2.31. The van der Waals surface area contributed by atoms with Gasteiger partial charge in [0, 0.05) is 6.07 Å². The van der Waals surface area contributed by atoms with Crippen molar-refractivity contribution in [1.82, 2.24) is 0 Å². The summed E-state index contributed by atoms with van der Waals surface area (Å²) in [4.78, 5) is 23.9. The maximum atomic E-state index is 11.8. The first kappa shape index (κ1) is 12.9. The molecule has 1 saturated carbocycles. The van der Waals surface area contributed by atoms with E-state index in [1.807, 2.05) is 5.38 Å². The molecule has 0 amide bonds. The molecular weight excluding hydrogens is 276 g/mol. The molecule has 2 aromatic rings. The van der Waals surface area contributed by atoms with E-state index < -0.39 is 5.97 Å². The molecule has 0 radical (unpaired) electrons. The Morgan fingerprint density at radius 1 is 1.05 bits per heavy atom. The molecule has 0 spiro atoms. The Morgan fingerprint density at radius 3 is 2.45 bits per heavy atom. The second-order valence-electron chi connectivity index (χ2n) is 4.54. The van der Waals surface area contributed by atoms with Gasteiger partial charge < -0.3 is 9.47 Å². The Bertz CT molecular complexity index is 629. The van der Waals surface area contributed by atoms with Gasteiger partial charge >= 0.3 is 11.9 Å². The van der Waals surface area contributed by atoms with Crippen LogP contribution in [0.3, 0.4) is 0 Å². The summed E-state index contributed by atoms with van der Waals surface area (Å²) in [6.07, 6.45) is 1.79. The first-order chi connectivity index (χ1) is 9.72. The van der Waals surface area contributed by atoms with Gasteiger partial charge in [-0.25, -0.2) is 4.79 Å². The van der Waals surface area contributed by atoms with Gasteiger partial charge in [-0.05, 0) is 36.4 Å². The van der Waals surface area contributed by atoms with Crippen LogP contribution in [0.25, 0.3) is 0 Å². The lowest BCUT2D eigenvalue weighted by atomic mass is 10.3. The number of benzene rings is 1. The van der Waals surface area contributed by atoms with E-state index in [0.717, 1.165) is 12.8 Å². The predicted molar refractivity (Wildman–Crippen MR) is 74.1 cm³/mol. The van der Waals surface area contributed by atoms with Crippen LogP contribution >= 0.6 is 11.3 Å². The molecule has 3 rings (SSSR count). The second-order valence-corrected chi connectivity index (χ2v) is 5.48. The van der Waals surface area contributed by atoms with Gasteiger partial charge in [0.2, 0.25) is 0 Å². The molecule has 0 atom stereocenters. The summed E-state index contributed by atoms with van der Waals surface area (Å²) in [5.41, 5.74) is 0. The predicted octanol–water partition coefficient (Wildman–Crippen LogP) is 3.28. The van der Waals surface area contributed by atoms with Gasteiger partial charge in [-0.2, -0.15) is 0 Å². The largest absolute Gasteiger partial charge is 0.426 e. The molecule has 1 aromatic carbocycles. The highest BCUT2D eigenvalue weighted by Crippen LogP contribution is 2.31. The van der Waals surface area contributed by atoms with E-state index in [0.29, 0.717) is 16.4 Å². The Hall–Kier alpha value is -2.14. The van der Waals surface area contributed by atoms with Crippen LogP contribution in [0.2, 0.25) is 0 Å². The summed E-state index contributed by atoms with van der Waals surface area (Å²) in [6.45, 7) is 0. The van der Waals surface area contributed by atoms with Gasteiger partial charge in [0.15, 0.2) is 0 Å². The number of ether oxygens (including phenoxy) is 2. The van der Waals surface area contributed by atoms with Gasteiger partial charge in [-0.3, -0.25) is 4.79 Å². The van der Waals surface area contributed by atoms with E-state index in [1.54, 1.807) is 36.4 Å². The molecule has 1 aliphatic carbocycles. The maximum absolute atomic E-state index is 11.8. The first-order valence-corrected chi connectivity index (χ1v) is 7.18. The zero-order valence-electron chi connectivity index (χ0n) is 10.6. The van der Waals surface area contributed by atoms with Crippen molar-refractivity contribution in [3.05, 3.63) is 46.7 Å². The highest BCUT2D eigenvalue weighted by atomic mass is 32.1. The van der Waals surface area contributed by atoms with Crippen molar-refractivity contribution < 1.29 is 19.1 Å². The number of thiophene rings is 1. The van der Waals surface area contributed by atoms with Gasteiger partial charge in [0.05, 0.1) is 5.92 Å². The molecule has 4 nitrogen and oxygen atoms in total. The molecule has 5 heteroatoms. The molecule has 20 heavy (non-hydrogen) atoms. The first-order valence-electron chi connectivity index (χ1n) is 6.30. The molecule has 1 heterocycles. The number of hydrogen-bond acceptors (Lipinski definition) is 5. The molecule has 0 saturated heterocycles. The third-order valence-electron chi connectivity index (χ3n) is 2.87. The van der Waals surface area contributed by atoms with E-state index in [9.17, 15) is 9.59 Å². The van der Waals surface area contributed by atoms with E-state index in [2.05, 4.69) is 0 Å². The van der Waals surface area contributed by atoms with Gasteiger partial charge in [0.1, 0.15) is 16.4 Å². The number of hydrogen-bond donors (Lipinski definition) is 0. The van der Waals surface area contributed by atoms with Crippen LogP contribution in [-0.2, 0) is 4.79 Å². The minimum absolute atomic E-state index is 0.0346. The molecule has 0 aliphatic heterocycles. The fraction of sp³-hybridized carbons (Fsp3) is 0.200. The van der Waals surface area contributed by atoms with Crippen molar-refractivity contribution in [2.45, 2.75) is 12.8 Å². The molecule has 1 aliphatic rings. The summed E-state index contributed by atoms with van der Waals surface area (Å²) < 4.78 is 10.5. The van der Waals surface area contributed by atoms with Crippen molar-refractivity contribution in [1.29, 1.82) is 0 Å². The molecule has 102 valence electrons. The average Bonchev–Trinajstić information content (AvgIpc) is 3.14. The fourth-order valence-electron chi connectivity index (χ4n) is 1.67. The van der Waals surface area contributed by atoms with Crippen molar-refractivity contribution in [3.63, 3.8) is 0 Å². The van der Waals surface area contributed by atoms with Gasteiger partial charge in [-0.15, -0.1) is 11.3 Å². The Labute approximate surface area is 119 Å². The topological polar surface area (TPSA) is 52.6 Å². The van der Waals surface area contributed by atoms with Gasteiger partial charge in [-0.1, -0.05) is 12.1 Å². The lowest BCUT2D eigenvalue weighted by Gasteiger charge is -2.06. The number of rotatable bonds is 4. The van der Waals surface area contributed by atoms with Crippen molar-refractivity contribution in [2.24, 2.45) is 5.92 Å². The zero-order valence-corrected chi connectivity index (χ0v) is 11.4. The number of carbonyl (C=O) groups excluding carboxylic acids is 2. The molecule has 1 fully saturated rings. The third-order valence-corrected chi connectivity index (χ3v) is 3.72. The smallest absolute Gasteiger partial charge is 0.353 e. The molecule has 0 bridgehead atoms. The van der Waals surface area contributed by atoms with Crippen LogP contribution < -0.4 is 9.47 Å². The molecule has 0 N–H and O–H groups in total. The van der Waals surface area contributed by atoms with Crippen LogP contribution in [0.15, 0.2) is 41.8 Å². The lowest BCUT2D eigenvalue weighted by molar-refractivity contribution is -0.135. The van der Waals surface area contributed by atoms with Crippen LogP contribution in [0.5, 0.6) is 11.5 Å². The second kappa shape index (κ2) is 5.46. The lowest BCUT2D eigenvalue weighted by Crippen LogP contribution is -2.10. The normalized spacial score (nSPS) is 13.8. The van der Waals surface area contributed by atoms with Crippen LogP contribution in [0.1, 0.15) is 22.5 Å². The van der Waals surface area contributed by atoms with E-state index in [1.165, 1.54) is 11.3 Å². The van der Waals surface area contributed by atoms with Crippen molar-refractivity contribution in [3.8, 4) is 11.5 Å². The van der Waals surface area contributed by atoms with E-state index in [-0.39, 0.29) is 11.9 Å². The Balaban J connectivity index is 1.67. The summed E-state index contributed by atoms with van der Waals surface area (Å²) >= 11 is 1.32. The molecule has 1 aromatic heterocycles. The maximum Gasteiger partial charge on any atom is 0.353 e. The van der Waals surface area contributed by atoms with Crippen LogP contribution in [-0.4, -0.2) is 11.9 Å².